The fourth-order valence-electron chi connectivity index (χ4n) is 4.35. The summed E-state index contributed by atoms with van der Waals surface area (Å²) in [6, 6.07) is 24.2. The van der Waals surface area contributed by atoms with Gasteiger partial charge in [0.15, 0.2) is 0 Å². The van der Waals surface area contributed by atoms with Crippen LogP contribution in [0, 0.1) is 0 Å². The van der Waals surface area contributed by atoms with Crippen molar-refractivity contribution < 1.29 is 19.4 Å². The van der Waals surface area contributed by atoms with E-state index in [1.807, 2.05) is 73.7 Å². The molecule has 0 fully saturated rings. The third kappa shape index (κ3) is 4.84. The molecule has 3 aromatic rings. The van der Waals surface area contributed by atoms with Crippen molar-refractivity contribution in [2.75, 3.05) is 12.4 Å². The molecule has 33 heavy (non-hydrogen) atoms. The minimum Gasteiger partial charge on any atom is -0.480 e. The van der Waals surface area contributed by atoms with Crippen molar-refractivity contribution in [3.8, 4) is 11.1 Å². The van der Waals surface area contributed by atoms with Gasteiger partial charge in [-0.1, -0.05) is 97.0 Å². The van der Waals surface area contributed by atoms with Crippen molar-refractivity contribution in [2.45, 2.75) is 24.1 Å². The van der Waals surface area contributed by atoms with Gasteiger partial charge in [-0.3, -0.25) is 0 Å². The second-order valence-electron chi connectivity index (χ2n) is 7.79. The Morgan fingerprint density at radius 3 is 2.06 bits per heavy atom. The Labute approximate surface area is 200 Å². The summed E-state index contributed by atoms with van der Waals surface area (Å²) < 4.78 is 5.58. The highest BCUT2D eigenvalue weighted by Crippen LogP contribution is 2.44. The van der Waals surface area contributed by atoms with Crippen molar-refractivity contribution in [1.82, 2.24) is 5.32 Å². The van der Waals surface area contributed by atoms with Gasteiger partial charge in [-0.25, -0.2) is 9.59 Å². The van der Waals surface area contributed by atoms with E-state index in [4.69, 9.17) is 15.9 Å². The molecule has 1 unspecified atom stereocenters. The third-order valence-electron chi connectivity index (χ3n) is 5.88. The number of ether oxygens (including phenoxy) is 1. The first kappa shape index (κ1) is 23.1. The highest BCUT2D eigenvalue weighted by molar-refractivity contribution is 8.29. The molecule has 170 valence electrons. The quantitative estimate of drug-likeness (QED) is 0.485. The van der Waals surface area contributed by atoms with Crippen molar-refractivity contribution in [3.05, 3.63) is 95.6 Å². The van der Waals surface area contributed by atoms with Crippen molar-refractivity contribution >= 4 is 32.7 Å². The molecule has 0 bridgehead atoms. The molecule has 4 rings (SSSR count). The molecule has 0 aromatic heterocycles. The largest absolute Gasteiger partial charge is 0.480 e. The number of carboxylic acid groups (broad SMARTS) is 1. The molecule has 0 saturated carbocycles. The summed E-state index contributed by atoms with van der Waals surface area (Å²) in [6.07, 6.45) is -0.756. The number of alkyl carbamates (subject to hydrolysis) is 1. The molecular formula is C26H25NO4S2. The topological polar surface area (TPSA) is 75.6 Å². The van der Waals surface area contributed by atoms with E-state index in [-0.39, 0.29) is 12.5 Å². The van der Waals surface area contributed by atoms with E-state index in [1.54, 1.807) is 0 Å². The Bertz CT molecular complexity index is 1140. The van der Waals surface area contributed by atoms with Gasteiger partial charge in [0, 0.05) is 5.92 Å². The monoisotopic (exact) mass is 479 g/mol. The SMILES string of the molecule is CCS(=S)[C@H](c1ccccc1)[C@H](NC(=O)OCC1c2ccccc2-c2ccccc21)C(=O)O. The number of carboxylic acids is 1. The van der Waals surface area contributed by atoms with E-state index in [2.05, 4.69) is 17.4 Å². The number of amides is 1. The van der Waals surface area contributed by atoms with Crippen LogP contribution in [-0.4, -0.2) is 35.6 Å². The average Bonchev–Trinajstić information content (AvgIpc) is 3.16. The zero-order chi connectivity index (χ0) is 23.4. The number of benzene rings is 3. The fourth-order valence-corrected chi connectivity index (χ4v) is 6.33. The molecule has 3 aromatic carbocycles. The Balaban J connectivity index is 1.51. The number of carbonyl (C=O) groups excluding carboxylic acids is 1. The van der Waals surface area contributed by atoms with Crippen LogP contribution < -0.4 is 5.32 Å². The maximum atomic E-state index is 12.8. The third-order valence-corrected chi connectivity index (χ3v) is 8.89. The number of aliphatic carboxylic acids is 1. The molecule has 0 aliphatic heterocycles. The lowest BCUT2D eigenvalue weighted by atomic mass is 9.98. The summed E-state index contributed by atoms with van der Waals surface area (Å²) in [6.45, 7) is 2.05. The molecule has 1 aliphatic rings. The first-order valence-corrected chi connectivity index (χ1v) is 13.2. The van der Waals surface area contributed by atoms with E-state index in [0.29, 0.717) is 5.75 Å². The van der Waals surface area contributed by atoms with Crippen LogP contribution in [0.5, 0.6) is 0 Å². The highest BCUT2D eigenvalue weighted by Gasteiger charge is 2.34. The first-order valence-electron chi connectivity index (χ1n) is 10.8. The number of carbonyl (C=O) groups is 2. The highest BCUT2D eigenvalue weighted by atomic mass is 32.8. The van der Waals surface area contributed by atoms with Crippen molar-refractivity contribution in [1.29, 1.82) is 0 Å². The molecule has 0 heterocycles. The summed E-state index contributed by atoms with van der Waals surface area (Å²) in [7, 11) is -0.666. The maximum absolute atomic E-state index is 12.8. The van der Waals surface area contributed by atoms with Crippen LogP contribution >= 0.6 is 0 Å². The van der Waals surface area contributed by atoms with Crippen LogP contribution in [0.15, 0.2) is 78.9 Å². The first-order chi connectivity index (χ1) is 16.0. The molecule has 2 N–H and O–H groups in total. The van der Waals surface area contributed by atoms with Gasteiger partial charge >= 0.3 is 12.1 Å². The summed E-state index contributed by atoms with van der Waals surface area (Å²) in [5, 5.41) is 12.0. The van der Waals surface area contributed by atoms with Crippen molar-refractivity contribution in [2.24, 2.45) is 0 Å². The van der Waals surface area contributed by atoms with Crippen LogP contribution in [0.2, 0.25) is 0 Å². The van der Waals surface area contributed by atoms with Gasteiger partial charge in [0.1, 0.15) is 12.6 Å². The van der Waals surface area contributed by atoms with Gasteiger partial charge in [0.05, 0.1) is 5.25 Å². The molecule has 0 radical (unpaired) electrons. The molecule has 7 heteroatoms. The Morgan fingerprint density at radius 2 is 1.52 bits per heavy atom. The second kappa shape index (κ2) is 10.3. The maximum Gasteiger partial charge on any atom is 0.407 e. The van der Waals surface area contributed by atoms with Crippen LogP contribution in [0.1, 0.15) is 34.8 Å². The van der Waals surface area contributed by atoms with E-state index < -0.39 is 32.8 Å². The summed E-state index contributed by atoms with van der Waals surface area (Å²) in [5.74, 6) is -0.598. The average molecular weight is 480 g/mol. The predicted molar refractivity (Wildman–Crippen MR) is 134 cm³/mol. The standard InChI is InChI=1S/C26H25NO4S2/c1-2-33(32)24(17-10-4-3-5-11-17)23(25(28)29)27-26(30)31-16-22-20-14-8-6-12-18(20)19-13-7-9-15-21(19)22/h3-15,22-24H,2,16H2,1H3,(H,27,30)(H,28,29)/t23-,24+,33?/m0/s1. The summed E-state index contributed by atoms with van der Waals surface area (Å²) in [4.78, 5) is 24.9. The van der Waals surface area contributed by atoms with E-state index in [9.17, 15) is 14.7 Å². The van der Waals surface area contributed by atoms with Gasteiger partial charge in [-0.05, 0) is 33.6 Å². The molecule has 1 aliphatic carbocycles. The molecule has 0 spiro atoms. The summed E-state index contributed by atoms with van der Waals surface area (Å²) >= 11 is 5.60. The van der Waals surface area contributed by atoms with Crippen LogP contribution in [0.3, 0.4) is 0 Å². The smallest absolute Gasteiger partial charge is 0.407 e. The number of nitrogens with one attached hydrogen (secondary N) is 1. The number of hydrogen-bond donors (Lipinski definition) is 2. The number of fused-ring (bicyclic) bond motifs is 3. The van der Waals surface area contributed by atoms with E-state index in [1.165, 1.54) is 0 Å². The van der Waals surface area contributed by atoms with E-state index >= 15 is 0 Å². The number of hydrogen-bond acceptors (Lipinski definition) is 4. The van der Waals surface area contributed by atoms with Crippen LogP contribution in [0.25, 0.3) is 11.1 Å². The van der Waals surface area contributed by atoms with E-state index in [0.717, 1.165) is 27.8 Å². The number of rotatable bonds is 8. The van der Waals surface area contributed by atoms with Crippen LogP contribution in [0.4, 0.5) is 4.79 Å². The molecule has 0 saturated heterocycles. The second-order valence-corrected chi connectivity index (χ2v) is 10.9. The summed E-state index contributed by atoms with van der Waals surface area (Å²) in [5.41, 5.74) is 5.26. The van der Waals surface area contributed by atoms with Gasteiger partial charge in [0.25, 0.3) is 0 Å². The molecule has 5 nitrogen and oxygen atoms in total. The normalized spacial score (nSPS) is 15.1. The molecular weight excluding hydrogens is 454 g/mol. The van der Waals surface area contributed by atoms with Gasteiger partial charge in [-0.15, -0.1) is 9.45 Å². The Kier molecular flexibility index (Phi) is 7.20. The van der Waals surface area contributed by atoms with Gasteiger partial charge in [-0.2, -0.15) is 0 Å². The van der Waals surface area contributed by atoms with Crippen molar-refractivity contribution in [3.63, 3.8) is 0 Å². The predicted octanol–water partition coefficient (Wildman–Crippen LogP) is 4.82. The Hall–Kier alpha value is -3.03. The minimum atomic E-state index is -1.18. The van der Waals surface area contributed by atoms with Gasteiger partial charge in [0.2, 0.25) is 0 Å². The fraction of sp³-hybridized carbons (Fsp3) is 0.231. The molecule has 1 amide bonds. The molecule has 3 atom stereocenters. The lowest BCUT2D eigenvalue weighted by molar-refractivity contribution is -0.139. The lowest BCUT2D eigenvalue weighted by Gasteiger charge is -2.26. The minimum absolute atomic E-state index is 0.0967. The van der Waals surface area contributed by atoms with Crippen LogP contribution in [-0.2, 0) is 30.2 Å². The lowest BCUT2D eigenvalue weighted by Crippen LogP contribution is -2.46. The Morgan fingerprint density at radius 1 is 0.970 bits per heavy atom. The zero-order valence-electron chi connectivity index (χ0n) is 18.1. The van der Waals surface area contributed by atoms with Gasteiger partial charge < -0.3 is 15.2 Å². The zero-order valence-corrected chi connectivity index (χ0v) is 19.8.